The first-order valence-corrected chi connectivity index (χ1v) is 5.99. The van der Waals surface area contributed by atoms with E-state index in [0.29, 0.717) is 0 Å². The Morgan fingerprint density at radius 1 is 1.45 bits per heavy atom. The molecule has 3 N–H and O–H groups in total. The maximum atomic E-state index is 12.7. The van der Waals surface area contributed by atoms with Crippen LogP contribution in [-0.2, 0) is 15.7 Å². The van der Waals surface area contributed by atoms with Crippen molar-refractivity contribution < 1.29 is 22.7 Å². The second kappa shape index (κ2) is 6.71. The van der Waals surface area contributed by atoms with Crippen molar-refractivity contribution in [3.8, 4) is 0 Å². The molecule has 20 heavy (non-hydrogen) atoms. The fourth-order valence-electron chi connectivity index (χ4n) is 1.75. The van der Waals surface area contributed by atoms with Gasteiger partial charge in [0.2, 0.25) is 5.91 Å². The molecule has 0 bridgehead atoms. The molecular weight excluding hydrogens is 273 g/mol. The summed E-state index contributed by atoms with van der Waals surface area (Å²) in [5.74, 6) is -0.440. The van der Waals surface area contributed by atoms with E-state index in [-0.39, 0.29) is 24.2 Å². The molecule has 0 saturated carbocycles. The number of halogens is 3. The van der Waals surface area contributed by atoms with E-state index in [4.69, 9.17) is 10.5 Å². The van der Waals surface area contributed by atoms with E-state index >= 15 is 0 Å². The quantitative estimate of drug-likeness (QED) is 0.874. The van der Waals surface area contributed by atoms with E-state index in [1.807, 2.05) is 0 Å². The number of hydrogen-bond acceptors (Lipinski definition) is 3. The van der Waals surface area contributed by atoms with E-state index in [1.165, 1.54) is 26.2 Å². The average Bonchev–Trinajstić information content (AvgIpc) is 2.37. The average molecular weight is 290 g/mol. The lowest BCUT2D eigenvalue weighted by Crippen LogP contribution is -2.28. The zero-order valence-corrected chi connectivity index (χ0v) is 11.3. The van der Waals surface area contributed by atoms with Crippen LogP contribution in [-0.4, -0.2) is 25.7 Å². The van der Waals surface area contributed by atoms with Crippen LogP contribution in [0.5, 0.6) is 0 Å². The van der Waals surface area contributed by atoms with Crippen molar-refractivity contribution >= 4 is 11.6 Å². The van der Waals surface area contributed by atoms with Crippen LogP contribution in [0, 0.1) is 6.92 Å². The van der Waals surface area contributed by atoms with Crippen molar-refractivity contribution in [2.24, 2.45) is 5.73 Å². The molecule has 1 aromatic rings. The fraction of sp³-hybridized carbons (Fsp3) is 0.462. The van der Waals surface area contributed by atoms with Gasteiger partial charge in [-0.1, -0.05) is 6.07 Å². The van der Waals surface area contributed by atoms with Crippen LogP contribution in [0.2, 0.25) is 0 Å². The Bertz CT molecular complexity index is 471. The van der Waals surface area contributed by atoms with E-state index in [1.54, 1.807) is 0 Å². The third kappa shape index (κ3) is 4.21. The van der Waals surface area contributed by atoms with Crippen molar-refractivity contribution in [2.75, 3.05) is 19.0 Å². The number of rotatable bonds is 5. The van der Waals surface area contributed by atoms with Crippen LogP contribution in [0.25, 0.3) is 0 Å². The SMILES string of the molecule is COC(CN)CC(=O)Nc1cccc(C(F)(F)F)c1C. The number of carbonyl (C=O) groups excluding carboxylic acids is 1. The molecule has 0 saturated heterocycles. The van der Waals surface area contributed by atoms with Gasteiger partial charge in [-0.05, 0) is 24.6 Å². The third-order valence-corrected chi connectivity index (χ3v) is 2.92. The third-order valence-electron chi connectivity index (χ3n) is 2.92. The van der Waals surface area contributed by atoms with Gasteiger partial charge < -0.3 is 15.8 Å². The predicted molar refractivity (Wildman–Crippen MR) is 69.3 cm³/mol. The Balaban J connectivity index is 2.86. The summed E-state index contributed by atoms with van der Waals surface area (Å²) in [5.41, 5.74) is 4.73. The number of hydrogen-bond donors (Lipinski definition) is 2. The number of alkyl halides is 3. The zero-order valence-electron chi connectivity index (χ0n) is 11.3. The van der Waals surface area contributed by atoms with Crippen LogP contribution in [0.3, 0.4) is 0 Å². The van der Waals surface area contributed by atoms with Crippen LogP contribution >= 0.6 is 0 Å². The van der Waals surface area contributed by atoms with Crippen molar-refractivity contribution in [3.05, 3.63) is 29.3 Å². The van der Waals surface area contributed by atoms with E-state index in [0.717, 1.165) is 6.07 Å². The minimum absolute atomic E-state index is 0.0112. The van der Waals surface area contributed by atoms with Crippen LogP contribution in [0.15, 0.2) is 18.2 Å². The van der Waals surface area contributed by atoms with Crippen molar-refractivity contribution in [2.45, 2.75) is 25.6 Å². The number of amides is 1. The zero-order chi connectivity index (χ0) is 15.3. The Morgan fingerprint density at radius 3 is 2.60 bits per heavy atom. The van der Waals surface area contributed by atoms with Gasteiger partial charge in [-0.15, -0.1) is 0 Å². The molecule has 0 spiro atoms. The number of methoxy groups -OCH3 is 1. The first-order valence-electron chi connectivity index (χ1n) is 5.99. The highest BCUT2D eigenvalue weighted by Gasteiger charge is 2.33. The topological polar surface area (TPSA) is 64.3 Å². The van der Waals surface area contributed by atoms with E-state index < -0.39 is 23.8 Å². The van der Waals surface area contributed by atoms with Gasteiger partial charge in [0.25, 0.3) is 0 Å². The molecule has 112 valence electrons. The predicted octanol–water partition coefficient (Wildman–Crippen LogP) is 2.32. The molecule has 0 radical (unpaired) electrons. The van der Waals surface area contributed by atoms with Crippen LogP contribution in [0.4, 0.5) is 18.9 Å². The molecule has 1 atom stereocenters. The molecule has 0 fully saturated rings. The lowest BCUT2D eigenvalue weighted by Gasteiger charge is -2.16. The number of ether oxygens (including phenoxy) is 1. The summed E-state index contributed by atoms with van der Waals surface area (Å²) in [4.78, 5) is 11.7. The summed E-state index contributed by atoms with van der Waals surface area (Å²) in [6.07, 6.45) is -4.92. The van der Waals surface area contributed by atoms with Gasteiger partial charge in [0.15, 0.2) is 0 Å². The van der Waals surface area contributed by atoms with Gasteiger partial charge in [0.1, 0.15) is 0 Å². The van der Waals surface area contributed by atoms with E-state index in [2.05, 4.69) is 5.32 Å². The van der Waals surface area contributed by atoms with Crippen molar-refractivity contribution in [1.82, 2.24) is 0 Å². The summed E-state index contributed by atoms with van der Waals surface area (Å²) in [6, 6.07) is 3.65. The molecule has 1 amide bonds. The van der Waals surface area contributed by atoms with Gasteiger partial charge in [-0.3, -0.25) is 4.79 Å². The number of nitrogens with one attached hydrogen (secondary N) is 1. The van der Waals surface area contributed by atoms with Crippen molar-refractivity contribution in [1.29, 1.82) is 0 Å². The monoisotopic (exact) mass is 290 g/mol. The smallest absolute Gasteiger partial charge is 0.380 e. The Kier molecular flexibility index (Phi) is 5.52. The molecular formula is C13H17F3N2O2. The van der Waals surface area contributed by atoms with Crippen LogP contribution < -0.4 is 11.1 Å². The normalized spacial score (nSPS) is 13.1. The largest absolute Gasteiger partial charge is 0.416 e. The second-order valence-corrected chi connectivity index (χ2v) is 4.32. The molecule has 1 aromatic carbocycles. The van der Waals surface area contributed by atoms with Crippen LogP contribution in [0.1, 0.15) is 17.5 Å². The highest BCUT2D eigenvalue weighted by molar-refractivity contribution is 5.92. The number of nitrogens with two attached hydrogens (primary N) is 1. The first kappa shape index (κ1) is 16.5. The molecule has 0 aliphatic heterocycles. The molecule has 1 unspecified atom stereocenters. The molecule has 0 heterocycles. The first-order chi connectivity index (χ1) is 9.29. The summed E-state index contributed by atoms with van der Waals surface area (Å²) in [7, 11) is 1.42. The standard InChI is InChI=1S/C13H17F3N2O2/c1-8-10(13(14,15)16)4-3-5-11(8)18-12(19)6-9(7-17)20-2/h3-5,9H,6-7,17H2,1-2H3,(H,18,19). The van der Waals surface area contributed by atoms with Gasteiger partial charge >= 0.3 is 6.18 Å². The Hall–Kier alpha value is -1.60. The van der Waals surface area contributed by atoms with Gasteiger partial charge in [0, 0.05) is 19.3 Å². The minimum Gasteiger partial charge on any atom is -0.380 e. The number of carbonyl (C=O) groups is 1. The highest BCUT2D eigenvalue weighted by Crippen LogP contribution is 2.34. The van der Waals surface area contributed by atoms with Crippen molar-refractivity contribution in [3.63, 3.8) is 0 Å². The Morgan fingerprint density at radius 2 is 2.10 bits per heavy atom. The molecule has 0 aliphatic carbocycles. The maximum Gasteiger partial charge on any atom is 0.416 e. The summed E-state index contributed by atoms with van der Waals surface area (Å²) in [5, 5.41) is 2.45. The molecule has 0 aliphatic rings. The minimum atomic E-state index is -4.45. The van der Waals surface area contributed by atoms with E-state index in [9.17, 15) is 18.0 Å². The van der Waals surface area contributed by atoms with Gasteiger partial charge in [-0.2, -0.15) is 13.2 Å². The summed E-state index contributed by atoms with van der Waals surface area (Å²) < 4.78 is 43.2. The number of benzene rings is 1. The molecule has 1 rings (SSSR count). The molecule has 0 aromatic heterocycles. The van der Waals surface area contributed by atoms with Gasteiger partial charge in [0.05, 0.1) is 18.1 Å². The number of anilines is 1. The van der Waals surface area contributed by atoms with Gasteiger partial charge in [-0.25, -0.2) is 0 Å². The second-order valence-electron chi connectivity index (χ2n) is 4.32. The fourth-order valence-corrected chi connectivity index (χ4v) is 1.75. The lowest BCUT2D eigenvalue weighted by molar-refractivity contribution is -0.138. The summed E-state index contributed by atoms with van der Waals surface area (Å²) in [6.45, 7) is 1.47. The Labute approximate surface area is 115 Å². The molecule has 4 nitrogen and oxygen atoms in total. The highest BCUT2D eigenvalue weighted by atomic mass is 19.4. The summed E-state index contributed by atoms with van der Waals surface area (Å²) >= 11 is 0. The molecule has 7 heteroatoms. The maximum absolute atomic E-state index is 12.7. The lowest BCUT2D eigenvalue weighted by atomic mass is 10.1.